The average Bonchev–Trinajstić information content (AvgIpc) is 2.22. The highest BCUT2D eigenvalue weighted by Gasteiger charge is 1.99. The molecule has 0 saturated heterocycles. The maximum absolute atomic E-state index is 10.9. The van der Waals surface area contributed by atoms with E-state index in [0.717, 1.165) is 6.42 Å². The summed E-state index contributed by atoms with van der Waals surface area (Å²) in [4.78, 5) is 21.8. The first-order chi connectivity index (χ1) is 7.20. The zero-order valence-corrected chi connectivity index (χ0v) is 9.32. The molecule has 0 aromatic heterocycles. The number of ether oxygens (including phenoxy) is 2. The quantitative estimate of drug-likeness (QED) is 0.479. The van der Waals surface area contributed by atoms with Crippen LogP contribution in [0.15, 0.2) is 12.2 Å². The van der Waals surface area contributed by atoms with Crippen LogP contribution in [0.2, 0.25) is 0 Å². The first-order valence-corrected chi connectivity index (χ1v) is 5.19. The molecule has 0 aromatic carbocycles. The van der Waals surface area contributed by atoms with Gasteiger partial charge in [0, 0.05) is 12.5 Å². The summed E-state index contributed by atoms with van der Waals surface area (Å²) in [5.41, 5.74) is 0. The van der Waals surface area contributed by atoms with Crippen molar-refractivity contribution in [1.29, 1.82) is 0 Å². The Bertz CT molecular complexity index is 221. The Kier molecular flexibility index (Phi) is 8.43. The molecule has 0 aliphatic rings. The lowest BCUT2D eigenvalue weighted by molar-refractivity contribution is -0.143. The van der Waals surface area contributed by atoms with Gasteiger partial charge in [-0.15, -0.1) is 0 Å². The van der Waals surface area contributed by atoms with Crippen LogP contribution in [0.25, 0.3) is 0 Å². The molecule has 0 spiro atoms. The van der Waals surface area contributed by atoms with Gasteiger partial charge in [-0.1, -0.05) is 13.0 Å². The van der Waals surface area contributed by atoms with Crippen molar-refractivity contribution in [2.24, 2.45) is 0 Å². The van der Waals surface area contributed by atoms with E-state index < -0.39 is 0 Å². The van der Waals surface area contributed by atoms with E-state index in [4.69, 9.17) is 9.47 Å². The van der Waals surface area contributed by atoms with Crippen molar-refractivity contribution in [3.05, 3.63) is 12.2 Å². The minimum Gasteiger partial charge on any atom is -0.466 e. The van der Waals surface area contributed by atoms with E-state index >= 15 is 0 Å². The van der Waals surface area contributed by atoms with Crippen LogP contribution < -0.4 is 0 Å². The molecule has 0 unspecified atom stereocenters. The lowest BCUT2D eigenvalue weighted by Crippen LogP contribution is -2.03. The highest BCUT2D eigenvalue weighted by Crippen LogP contribution is 1.95. The Balaban J connectivity index is 3.53. The van der Waals surface area contributed by atoms with Crippen LogP contribution in [-0.2, 0) is 19.1 Å². The van der Waals surface area contributed by atoms with Crippen LogP contribution in [0.5, 0.6) is 0 Å². The molecule has 0 rings (SSSR count). The summed E-state index contributed by atoms with van der Waals surface area (Å²) < 4.78 is 9.53. The van der Waals surface area contributed by atoms with E-state index in [1.54, 1.807) is 13.0 Å². The van der Waals surface area contributed by atoms with Crippen LogP contribution >= 0.6 is 0 Å². The van der Waals surface area contributed by atoms with Crippen molar-refractivity contribution in [3.63, 3.8) is 0 Å². The van der Waals surface area contributed by atoms with Crippen LogP contribution in [0.1, 0.15) is 33.1 Å². The maximum atomic E-state index is 10.9. The van der Waals surface area contributed by atoms with Crippen LogP contribution in [0.3, 0.4) is 0 Å². The van der Waals surface area contributed by atoms with Gasteiger partial charge in [0.1, 0.15) is 0 Å². The molecule has 0 N–H and O–H groups in total. The summed E-state index contributed by atoms with van der Waals surface area (Å²) in [6, 6.07) is 0. The Hall–Kier alpha value is -1.32. The molecule has 0 heterocycles. The van der Waals surface area contributed by atoms with Gasteiger partial charge in [0.25, 0.3) is 0 Å². The zero-order valence-electron chi connectivity index (χ0n) is 9.32. The lowest BCUT2D eigenvalue weighted by Gasteiger charge is -1.98. The van der Waals surface area contributed by atoms with Crippen molar-refractivity contribution in [3.8, 4) is 0 Å². The third kappa shape index (κ3) is 9.00. The van der Waals surface area contributed by atoms with E-state index in [1.807, 2.05) is 6.92 Å². The highest BCUT2D eigenvalue weighted by molar-refractivity contribution is 5.82. The van der Waals surface area contributed by atoms with Gasteiger partial charge in [-0.05, 0) is 19.8 Å². The third-order valence-corrected chi connectivity index (χ3v) is 1.52. The molecule has 4 nitrogen and oxygen atoms in total. The van der Waals surface area contributed by atoms with E-state index in [1.165, 1.54) is 6.08 Å². The second kappa shape index (κ2) is 9.24. The molecular formula is C11H18O4. The Morgan fingerprint density at radius 1 is 1.20 bits per heavy atom. The van der Waals surface area contributed by atoms with Crippen molar-refractivity contribution >= 4 is 11.9 Å². The molecule has 0 amide bonds. The zero-order chi connectivity index (χ0) is 11.5. The predicted molar refractivity (Wildman–Crippen MR) is 56.3 cm³/mol. The molecule has 15 heavy (non-hydrogen) atoms. The second-order valence-corrected chi connectivity index (χ2v) is 2.91. The largest absolute Gasteiger partial charge is 0.466 e. The number of rotatable bonds is 7. The van der Waals surface area contributed by atoms with E-state index in [-0.39, 0.29) is 11.9 Å². The summed E-state index contributed by atoms with van der Waals surface area (Å²) >= 11 is 0. The average molecular weight is 214 g/mol. The SMILES string of the molecule is CCCOC(=O)/C=C/CCC(=O)OCC. The Morgan fingerprint density at radius 3 is 2.53 bits per heavy atom. The number of carbonyl (C=O) groups is 2. The monoisotopic (exact) mass is 214 g/mol. The molecule has 4 heteroatoms. The Labute approximate surface area is 90.2 Å². The van der Waals surface area contributed by atoms with Crippen LogP contribution in [-0.4, -0.2) is 25.2 Å². The van der Waals surface area contributed by atoms with Crippen molar-refractivity contribution in [2.75, 3.05) is 13.2 Å². The minimum atomic E-state index is -0.360. The molecule has 0 atom stereocenters. The first-order valence-electron chi connectivity index (χ1n) is 5.19. The normalized spacial score (nSPS) is 10.3. The van der Waals surface area contributed by atoms with Gasteiger partial charge < -0.3 is 9.47 Å². The number of hydrogen-bond donors (Lipinski definition) is 0. The number of allylic oxidation sites excluding steroid dienone is 1. The van der Waals surface area contributed by atoms with Crippen LogP contribution in [0, 0.1) is 0 Å². The standard InChI is InChI=1S/C11H18O4/c1-3-9-15-11(13)8-6-5-7-10(12)14-4-2/h6,8H,3-5,7,9H2,1-2H3/b8-6+. The molecule has 0 bridgehead atoms. The van der Waals surface area contributed by atoms with Gasteiger partial charge >= 0.3 is 11.9 Å². The van der Waals surface area contributed by atoms with Crippen molar-refractivity contribution < 1.29 is 19.1 Å². The van der Waals surface area contributed by atoms with E-state index in [2.05, 4.69) is 0 Å². The maximum Gasteiger partial charge on any atom is 0.330 e. The summed E-state index contributed by atoms with van der Waals surface area (Å²) in [5.74, 6) is -0.607. The molecular weight excluding hydrogens is 196 g/mol. The molecule has 0 saturated carbocycles. The minimum absolute atomic E-state index is 0.246. The number of hydrogen-bond acceptors (Lipinski definition) is 4. The lowest BCUT2D eigenvalue weighted by atomic mass is 10.3. The fourth-order valence-corrected chi connectivity index (χ4v) is 0.865. The third-order valence-electron chi connectivity index (χ3n) is 1.52. The molecule has 0 aromatic rings. The van der Waals surface area contributed by atoms with Gasteiger partial charge in [-0.25, -0.2) is 4.79 Å². The topological polar surface area (TPSA) is 52.6 Å². The summed E-state index contributed by atoms with van der Waals surface area (Å²) in [7, 11) is 0. The molecule has 0 fully saturated rings. The molecule has 0 aliphatic carbocycles. The fraction of sp³-hybridized carbons (Fsp3) is 0.636. The first kappa shape index (κ1) is 13.7. The molecule has 0 aliphatic heterocycles. The fourth-order valence-electron chi connectivity index (χ4n) is 0.865. The smallest absolute Gasteiger partial charge is 0.330 e. The number of carbonyl (C=O) groups excluding carboxylic acids is 2. The summed E-state index contributed by atoms with van der Waals surface area (Å²) in [6.07, 6.45) is 4.57. The summed E-state index contributed by atoms with van der Waals surface area (Å²) in [6.45, 7) is 4.51. The van der Waals surface area contributed by atoms with Gasteiger partial charge in [0.15, 0.2) is 0 Å². The van der Waals surface area contributed by atoms with E-state index in [9.17, 15) is 9.59 Å². The molecule has 86 valence electrons. The van der Waals surface area contributed by atoms with Gasteiger partial charge in [0.05, 0.1) is 13.2 Å². The predicted octanol–water partition coefficient (Wildman–Crippen LogP) is 1.84. The van der Waals surface area contributed by atoms with E-state index in [0.29, 0.717) is 26.1 Å². The highest BCUT2D eigenvalue weighted by atomic mass is 16.5. The molecule has 0 radical (unpaired) electrons. The van der Waals surface area contributed by atoms with Crippen molar-refractivity contribution in [1.82, 2.24) is 0 Å². The van der Waals surface area contributed by atoms with Gasteiger partial charge in [-0.2, -0.15) is 0 Å². The Morgan fingerprint density at radius 2 is 1.93 bits per heavy atom. The van der Waals surface area contributed by atoms with Gasteiger partial charge in [-0.3, -0.25) is 4.79 Å². The van der Waals surface area contributed by atoms with Crippen molar-refractivity contribution in [2.45, 2.75) is 33.1 Å². The second-order valence-electron chi connectivity index (χ2n) is 2.91. The summed E-state index contributed by atoms with van der Waals surface area (Å²) in [5, 5.41) is 0. The number of esters is 2. The van der Waals surface area contributed by atoms with Crippen LogP contribution in [0.4, 0.5) is 0 Å². The van der Waals surface area contributed by atoms with Gasteiger partial charge in [0.2, 0.25) is 0 Å².